The van der Waals surface area contributed by atoms with E-state index in [-0.39, 0.29) is 11.3 Å². The molecule has 4 N–H and O–H groups in total. The van der Waals surface area contributed by atoms with Crippen LogP contribution in [0.5, 0.6) is 0 Å². The molecular weight excluding hydrogens is 525 g/mol. The van der Waals surface area contributed by atoms with Gasteiger partial charge in [0.1, 0.15) is 11.6 Å². The molecule has 7 nitrogen and oxygen atoms in total. The van der Waals surface area contributed by atoms with Crippen molar-refractivity contribution in [2.75, 3.05) is 24.1 Å². The molecule has 204 valence electrons. The lowest BCUT2D eigenvalue weighted by molar-refractivity contribution is 0.343. The van der Waals surface area contributed by atoms with Crippen molar-refractivity contribution >= 4 is 33.6 Å². The van der Waals surface area contributed by atoms with Gasteiger partial charge in [0.05, 0.1) is 22.7 Å². The lowest BCUT2D eigenvalue weighted by atomic mass is 9.96. The number of nitrogens with one attached hydrogen (secondary N) is 4. The van der Waals surface area contributed by atoms with Crippen LogP contribution in [0.4, 0.5) is 18.4 Å². The van der Waals surface area contributed by atoms with Crippen LogP contribution in [0.15, 0.2) is 72.8 Å². The van der Waals surface area contributed by atoms with Crippen LogP contribution in [-0.2, 0) is 10.5 Å². The molecule has 1 aromatic heterocycles. The maximum absolute atomic E-state index is 14.6. The number of hydrogen-bond acceptors (Lipinski definition) is 5. The van der Waals surface area contributed by atoms with E-state index >= 15 is 0 Å². The third-order valence-electron chi connectivity index (χ3n) is 6.68. The van der Waals surface area contributed by atoms with Crippen molar-refractivity contribution < 1.29 is 16.9 Å². The molecule has 2 aromatic carbocycles. The number of aromatic nitrogens is 2. The maximum Gasteiger partial charge on any atom is 0.133 e. The Bertz CT molecular complexity index is 1550. The number of piperidine rings is 1. The van der Waals surface area contributed by atoms with E-state index in [0.717, 1.165) is 61.7 Å². The van der Waals surface area contributed by atoms with Crippen LogP contribution in [0, 0.1) is 17.0 Å². The summed E-state index contributed by atoms with van der Waals surface area (Å²) in [5.41, 5.74) is 3.87. The van der Waals surface area contributed by atoms with Crippen LogP contribution in [0.3, 0.4) is 0 Å². The molecule has 1 fully saturated rings. The average molecular weight is 555 g/mol. The molecule has 1 saturated heterocycles. The van der Waals surface area contributed by atoms with Gasteiger partial charge in [-0.2, -0.15) is 5.10 Å². The van der Waals surface area contributed by atoms with Crippen LogP contribution in [0.25, 0.3) is 22.3 Å². The van der Waals surface area contributed by atoms with Crippen LogP contribution in [-0.4, -0.2) is 39.5 Å². The van der Waals surface area contributed by atoms with Gasteiger partial charge in [-0.15, -0.1) is 3.89 Å². The molecule has 2 aliphatic heterocycles. The second-order valence-corrected chi connectivity index (χ2v) is 11.5. The SMILES string of the molecule is C[SH](=O)(F)Nc1cc(/C(C=N)=C2\C=CC(c3cnn(C4CCNCC4)c3)=CN2)cc(-c2ccc(F)cc2F)c1. The van der Waals surface area contributed by atoms with Gasteiger partial charge in [-0.3, -0.25) is 4.68 Å². The molecule has 0 unspecified atom stereocenters. The third-order valence-corrected chi connectivity index (χ3v) is 7.34. The van der Waals surface area contributed by atoms with Crippen LogP contribution < -0.4 is 15.4 Å². The summed E-state index contributed by atoms with van der Waals surface area (Å²) in [6, 6.07) is 8.12. The molecule has 0 amide bonds. The Morgan fingerprint density at radius 2 is 1.95 bits per heavy atom. The highest BCUT2D eigenvalue weighted by atomic mass is 32.3. The van der Waals surface area contributed by atoms with Crippen molar-refractivity contribution in [3.05, 3.63) is 95.6 Å². The Kier molecular flexibility index (Phi) is 7.53. The number of hydrogen-bond donors (Lipinski definition) is 5. The molecule has 3 heterocycles. The van der Waals surface area contributed by atoms with Crippen molar-refractivity contribution in [2.45, 2.75) is 18.9 Å². The normalized spacial score (nSPS) is 17.8. The Balaban J connectivity index is 1.47. The number of rotatable bonds is 7. The summed E-state index contributed by atoms with van der Waals surface area (Å²) in [4.78, 5) is 0. The van der Waals surface area contributed by atoms with Gasteiger partial charge < -0.3 is 20.8 Å². The molecular formula is C28H29F3N6OS. The van der Waals surface area contributed by atoms with E-state index in [2.05, 4.69) is 20.5 Å². The van der Waals surface area contributed by atoms with Crippen molar-refractivity contribution in [1.29, 1.82) is 5.41 Å². The van der Waals surface area contributed by atoms with Gasteiger partial charge in [0.2, 0.25) is 0 Å². The summed E-state index contributed by atoms with van der Waals surface area (Å²) in [5.74, 6) is -1.52. The zero-order chi connectivity index (χ0) is 27.6. The van der Waals surface area contributed by atoms with E-state index in [0.29, 0.717) is 28.4 Å². The van der Waals surface area contributed by atoms with Gasteiger partial charge in [0.25, 0.3) is 0 Å². The number of allylic oxidation sites excluding steroid dienone is 4. The maximum atomic E-state index is 14.6. The van der Waals surface area contributed by atoms with Gasteiger partial charge in [-0.25, -0.2) is 13.0 Å². The summed E-state index contributed by atoms with van der Waals surface area (Å²) in [6.07, 6.45) is 13.5. The summed E-state index contributed by atoms with van der Waals surface area (Å²) in [6.45, 7) is 1.94. The van der Waals surface area contributed by atoms with E-state index < -0.39 is 22.1 Å². The quantitative estimate of drug-likeness (QED) is 0.158. The Labute approximate surface area is 225 Å². The summed E-state index contributed by atoms with van der Waals surface area (Å²) in [7, 11) is -4.19. The summed E-state index contributed by atoms with van der Waals surface area (Å²) in [5, 5.41) is 19.2. The number of nitrogens with zero attached hydrogens (tertiary/aromatic N) is 2. The molecule has 0 saturated carbocycles. The first-order valence-corrected chi connectivity index (χ1v) is 14.6. The summed E-state index contributed by atoms with van der Waals surface area (Å²) >= 11 is 0. The monoisotopic (exact) mass is 554 g/mol. The summed E-state index contributed by atoms with van der Waals surface area (Å²) < 4.78 is 58.4. The highest BCUT2D eigenvalue weighted by Crippen LogP contribution is 2.32. The number of benzene rings is 2. The molecule has 0 bridgehead atoms. The van der Waals surface area contributed by atoms with Crippen LogP contribution in [0.2, 0.25) is 0 Å². The number of anilines is 1. The Morgan fingerprint density at radius 1 is 1.15 bits per heavy atom. The number of dihydropyridines is 1. The third kappa shape index (κ3) is 6.21. The molecule has 3 aromatic rings. The van der Waals surface area contributed by atoms with E-state index in [9.17, 15) is 16.9 Å². The first-order valence-electron chi connectivity index (χ1n) is 12.5. The topological polar surface area (TPSA) is 94.8 Å². The van der Waals surface area contributed by atoms with Crippen molar-refractivity contribution in [2.24, 2.45) is 0 Å². The van der Waals surface area contributed by atoms with Gasteiger partial charge >= 0.3 is 0 Å². The second-order valence-electron chi connectivity index (χ2n) is 9.59. The van der Waals surface area contributed by atoms with Gasteiger partial charge in [0.15, 0.2) is 0 Å². The van der Waals surface area contributed by atoms with Crippen molar-refractivity contribution in [3.8, 4) is 11.1 Å². The van der Waals surface area contributed by atoms with Crippen LogP contribution >= 0.6 is 0 Å². The molecule has 0 radical (unpaired) electrons. The highest BCUT2D eigenvalue weighted by Gasteiger charge is 2.18. The molecule has 0 spiro atoms. The fourth-order valence-corrected chi connectivity index (χ4v) is 5.39. The predicted octanol–water partition coefficient (Wildman–Crippen LogP) is 5.17. The van der Waals surface area contributed by atoms with Crippen molar-refractivity contribution in [1.82, 2.24) is 20.4 Å². The number of thiol groups is 1. The molecule has 0 atom stereocenters. The van der Waals surface area contributed by atoms with Gasteiger partial charge in [-0.1, -0.05) is 6.08 Å². The fraction of sp³-hybridized carbons (Fsp3) is 0.214. The van der Waals surface area contributed by atoms with Crippen molar-refractivity contribution in [3.63, 3.8) is 0 Å². The minimum Gasteiger partial charge on any atom is -0.361 e. The van der Waals surface area contributed by atoms with E-state index in [1.54, 1.807) is 6.07 Å². The van der Waals surface area contributed by atoms with E-state index in [1.807, 2.05) is 35.4 Å². The first kappa shape index (κ1) is 26.6. The first-order chi connectivity index (χ1) is 18.7. The Morgan fingerprint density at radius 3 is 2.62 bits per heavy atom. The second kappa shape index (κ2) is 11.0. The molecule has 2 aliphatic rings. The molecule has 0 aliphatic carbocycles. The molecule has 11 heteroatoms. The predicted molar refractivity (Wildman–Crippen MR) is 151 cm³/mol. The lowest BCUT2D eigenvalue weighted by Gasteiger charge is -2.22. The lowest BCUT2D eigenvalue weighted by Crippen LogP contribution is -2.29. The van der Waals surface area contributed by atoms with Crippen LogP contribution in [0.1, 0.15) is 30.0 Å². The smallest absolute Gasteiger partial charge is 0.133 e. The number of halogens is 3. The standard InChI is InChI=1S/C28H29F3N6OS/c1-39(31,38)36-23-11-19(25-4-3-22(29)13-27(25)30)10-20(12-23)26(14-32)28-5-2-18(15-34-28)21-16-35-37(17-21)24-6-8-33-9-7-24/h2-5,10-17,24,32-34,39H,6-9H2,1H3,(H,36,38)/b28-26+,32-14?. The zero-order valence-corrected chi connectivity index (χ0v) is 22.1. The van der Waals surface area contributed by atoms with Gasteiger partial charge in [-0.05, 0) is 73.5 Å². The zero-order valence-electron chi connectivity index (χ0n) is 21.2. The highest BCUT2D eigenvalue weighted by molar-refractivity contribution is 7.98. The largest absolute Gasteiger partial charge is 0.361 e. The average Bonchev–Trinajstić information content (AvgIpc) is 3.39. The van der Waals surface area contributed by atoms with E-state index in [4.69, 9.17) is 5.41 Å². The van der Waals surface area contributed by atoms with E-state index in [1.165, 1.54) is 18.2 Å². The fourth-order valence-electron chi connectivity index (χ4n) is 4.80. The minimum atomic E-state index is -4.19. The van der Waals surface area contributed by atoms with Gasteiger partial charge in [0, 0.05) is 64.6 Å². The molecule has 5 rings (SSSR count). The minimum absolute atomic E-state index is 0.0838. The molecule has 39 heavy (non-hydrogen) atoms. The Hall–Kier alpha value is -3.96.